The Bertz CT molecular complexity index is 243. The van der Waals surface area contributed by atoms with E-state index >= 15 is 0 Å². The Kier molecular flexibility index (Phi) is 4.69. The SMILES string of the molecule is CCCCSc1scc(C)c1Br. The van der Waals surface area contributed by atoms with Crippen LogP contribution >= 0.6 is 39.0 Å². The summed E-state index contributed by atoms with van der Waals surface area (Å²) >= 11 is 7.40. The molecule has 0 spiro atoms. The zero-order valence-corrected chi connectivity index (χ0v) is 10.6. The molecule has 1 aromatic rings. The summed E-state index contributed by atoms with van der Waals surface area (Å²) in [7, 11) is 0. The van der Waals surface area contributed by atoms with Crippen molar-refractivity contribution in [2.75, 3.05) is 5.75 Å². The minimum atomic E-state index is 1.25. The topological polar surface area (TPSA) is 0 Å². The first kappa shape index (κ1) is 10.6. The average Bonchev–Trinajstić information content (AvgIpc) is 2.36. The lowest BCUT2D eigenvalue weighted by Gasteiger charge is -1.97. The molecule has 0 N–H and O–H groups in total. The highest BCUT2D eigenvalue weighted by molar-refractivity contribution is 9.10. The van der Waals surface area contributed by atoms with Crippen LogP contribution in [0, 0.1) is 6.92 Å². The zero-order chi connectivity index (χ0) is 8.97. The van der Waals surface area contributed by atoms with Crippen molar-refractivity contribution in [1.29, 1.82) is 0 Å². The summed E-state index contributed by atoms with van der Waals surface area (Å²) in [6.07, 6.45) is 2.60. The normalized spacial score (nSPS) is 10.6. The largest absolute Gasteiger partial charge is 0.136 e. The minimum absolute atomic E-state index is 1.25. The van der Waals surface area contributed by atoms with Crippen molar-refractivity contribution >= 4 is 39.0 Å². The van der Waals surface area contributed by atoms with Gasteiger partial charge in [-0.2, -0.15) is 0 Å². The van der Waals surface area contributed by atoms with Crippen molar-refractivity contribution in [2.45, 2.75) is 30.9 Å². The quantitative estimate of drug-likeness (QED) is 0.561. The molecule has 0 atom stereocenters. The van der Waals surface area contributed by atoms with E-state index in [1.165, 1.54) is 32.8 Å². The van der Waals surface area contributed by atoms with Crippen LogP contribution in [0.3, 0.4) is 0 Å². The molecular formula is C9H13BrS2. The van der Waals surface area contributed by atoms with E-state index in [9.17, 15) is 0 Å². The molecule has 0 fully saturated rings. The molecule has 0 aliphatic rings. The number of thioether (sulfide) groups is 1. The molecule has 0 bridgehead atoms. The molecule has 12 heavy (non-hydrogen) atoms. The molecule has 0 aliphatic carbocycles. The maximum Gasteiger partial charge on any atom is 0.0743 e. The smallest absolute Gasteiger partial charge is 0.0743 e. The van der Waals surface area contributed by atoms with Crippen LogP contribution in [0.15, 0.2) is 14.1 Å². The van der Waals surface area contributed by atoms with Crippen LogP contribution < -0.4 is 0 Å². The number of thiophene rings is 1. The van der Waals surface area contributed by atoms with Gasteiger partial charge in [-0.3, -0.25) is 0 Å². The summed E-state index contributed by atoms with van der Waals surface area (Å²) in [6, 6.07) is 0. The van der Waals surface area contributed by atoms with Gasteiger partial charge in [-0.1, -0.05) is 13.3 Å². The van der Waals surface area contributed by atoms with Gasteiger partial charge in [0, 0.05) is 4.47 Å². The van der Waals surface area contributed by atoms with E-state index in [4.69, 9.17) is 0 Å². The van der Waals surface area contributed by atoms with Crippen molar-refractivity contribution in [3.05, 3.63) is 15.4 Å². The van der Waals surface area contributed by atoms with Crippen molar-refractivity contribution in [3.63, 3.8) is 0 Å². The van der Waals surface area contributed by atoms with E-state index in [0.717, 1.165) is 0 Å². The molecule has 1 aromatic heterocycles. The molecule has 1 rings (SSSR count). The van der Waals surface area contributed by atoms with Crippen LogP contribution in [0.25, 0.3) is 0 Å². The van der Waals surface area contributed by atoms with Crippen molar-refractivity contribution in [1.82, 2.24) is 0 Å². The highest BCUT2D eigenvalue weighted by atomic mass is 79.9. The molecule has 0 nitrogen and oxygen atoms in total. The fourth-order valence-corrected chi connectivity index (χ4v) is 3.94. The summed E-state index contributed by atoms with van der Waals surface area (Å²) in [5.74, 6) is 1.25. The van der Waals surface area contributed by atoms with E-state index in [1.807, 2.05) is 23.1 Å². The maximum absolute atomic E-state index is 3.59. The lowest BCUT2D eigenvalue weighted by molar-refractivity contribution is 0.896. The Morgan fingerprint density at radius 1 is 1.58 bits per heavy atom. The van der Waals surface area contributed by atoms with E-state index in [2.05, 4.69) is 35.2 Å². The first-order valence-corrected chi connectivity index (χ1v) is 6.78. The van der Waals surface area contributed by atoms with Gasteiger partial charge in [-0.25, -0.2) is 0 Å². The van der Waals surface area contributed by atoms with Gasteiger partial charge < -0.3 is 0 Å². The van der Waals surface area contributed by atoms with Gasteiger partial charge in [0.2, 0.25) is 0 Å². The first-order valence-electron chi connectivity index (χ1n) is 4.12. The van der Waals surface area contributed by atoms with Gasteiger partial charge in [-0.15, -0.1) is 23.1 Å². The molecule has 0 amide bonds. The summed E-state index contributed by atoms with van der Waals surface area (Å²) in [6.45, 7) is 4.37. The van der Waals surface area contributed by atoms with Gasteiger partial charge >= 0.3 is 0 Å². The molecular weight excluding hydrogens is 252 g/mol. The monoisotopic (exact) mass is 264 g/mol. The highest BCUT2D eigenvalue weighted by Crippen LogP contribution is 2.36. The van der Waals surface area contributed by atoms with E-state index in [1.54, 1.807) is 0 Å². The van der Waals surface area contributed by atoms with Crippen LogP contribution in [0.4, 0.5) is 0 Å². The third-order valence-corrected chi connectivity index (χ3v) is 5.64. The lowest BCUT2D eigenvalue weighted by atomic mass is 10.4. The Morgan fingerprint density at radius 2 is 2.33 bits per heavy atom. The minimum Gasteiger partial charge on any atom is -0.136 e. The molecule has 3 heteroatoms. The molecule has 0 aliphatic heterocycles. The number of hydrogen-bond acceptors (Lipinski definition) is 2. The number of unbranched alkanes of at least 4 members (excludes halogenated alkanes) is 1. The second kappa shape index (κ2) is 5.30. The number of rotatable bonds is 4. The van der Waals surface area contributed by atoms with Crippen molar-refractivity contribution in [2.24, 2.45) is 0 Å². The maximum atomic E-state index is 3.59. The van der Waals surface area contributed by atoms with Gasteiger partial charge in [0.25, 0.3) is 0 Å². The Morgan fingerprint density at radius 3 is 2.83 bits per heavy atom. The van der Waals surface area contributed by atoms with E-state index in [-0.39, 0.29) is 0 Å². The summed E-state index contributed by atoms with van der Waals surface area (Å²) < 4.78 is 2.73. The molecule has 68 valence electrons. The third kappa shape index (κ3) is 2.79. The molecule has 0 unspecified atom stereocenters. The Balaban J connectivity index is 2.46. The van der Waals surface area contributed by atoms with Crippen LogP contribution in [-0.4, -0.2) is 5.75 Å². The van der Waals surface area contributed by atoms with Gasteiger partial charge in [0.1, 0.15) is 0 Å². The van der Waals surface area contributed by atoms with Crippen LogP contribution in [0.2, 0.25) is 0 Å². The molecule has 0 saturated heterocycles. The van der Waals surface area contributed by atoms with Gasteiger partial charge in [0.15, 0.2) is 0 Å². The zero-order valence-electron chi connectivity index (χ0n) is 7.39. The van der Waals surface area contributed by atoms with Crippen LogP contribution in [-0.2, 0) is 0 Å². The lowest BCUT2D eigenvalue weighted by Crippen LogP contribution is -1.75. The predicted molar refractivity (Wildman–Crippen MR) is 62.4 cm³/mol. The summed E-state index contributed by atoms with van der Waals surface area (Å²) in [5.41, 5.74) is 1.36. The Labute approximate surface area is 90.9 Å². The third-order valence-electron chi connectivity index (χ3n) is 1.60. The first-order chi connectivity index (χ1) is 5.75. The standard InChI is InChI=1S/C9H13BrS2/c1-3-4-5-11-9-8(10)7(2)6-12-9/h6H,3-5H2,1-2H3. The second-order valence-electron chi connectivity index (χ2n) is 2.72. The predicted octanol–water partition coefficient (Wildman–Crippen LogP) is 4.71. The van der Waals surface area contributed by atoms with Crippen molar-refractivity contribution < 1.29 is 0 Å². The van der Waals surface area contributed by atoms with Crippen molar-refractivity contribution in [3.8, 4) is 0 Å². The summed E-state index contributed by atoms with van der Waals surface area (Å²) in [4.78, 5) is 0. The van der Waals surface area contributed by atoms with E-state index < -0.39 is 0 Å². The fourth-order valence-electron chi connectivity index (χ4n) is 0.813. The molecule has 0 radical (unpaired) electrons. The number of halogens is 1. The average molecular weight is 265 g/mol. The van der Waals surface area contributed by atoms with Gasteiger partial charge in [-0.05, 0) is 46.0 Å². The van der Waals surface area contributed by atoms with Gasteiger partial charge in [0.05, 0.1) is 4.21 Å². The highest BCUT2D eigenvalue weighted by Gasteiger charge is 2.04. The van der Waals surface area contributed by atoms with E-state index in [0.29, 0.717) is 0 Å². The summed E-state index contributed by atoms with van der Waals surface area (Å²) in [5, 5.41) is 2.21. The second-order valence-corrected chi connectivity index (χ2v) is 5.76. The molecule has 1 heterocycles. The molecule has 0 saturated carbocycles. The molecule has 0 aromatic carbocycles. The Hall–Kier alpha value is 0.530. The van der Waals surface area contributed by atoms with Crippen LogP contribution in [0.1, 0.15) is 25.3 Å². The number of hydrogen-bond donors (Lipinski definition) is 0. The number of aryl methyl sites for hydroxylation is 1. The van der Waals surface area contributed by atoms with Crippen LogP contribution in [0.5, 0.6) is 0 Å². The fraction of sp³-hybridized carbons (Fsp3) is 0.556.